The van der Waals surface area contributed by atoms with Crippen LogP contribution < -0.4 is 10.2 Å². The number of rotatable bonds is 3. The normalized spacial score (nSPS) is 19.3. The van der Waals surface area contributed by atoms with Crippen LogP contribution in [0.5, 0.6) is 0 Å². The molecule has 1 aromatic heterocycles. The summed E-state index contributed by atoms with van der Waals surface area (Å²) in [5.41, 5.74) is 4.04. The second kappa shape index (κ2) is 8.35. The molecule has 2 aromatic rings. The van der Waals surface area contributed by atoms with Crippen molar-refractivity contribution in [3.05, 3.63) is 57.4 Å². The van der Waals surface area contributed by atoms with E-state index in [0.29, 0.717) is 16.8 Å². The monoisotopic (exact) mass is 439 g/mol. The van der Waals surface area contributed by atoms with Crippen molar-refractivity contribution in [2.45, 2.75) is 58.9 Å². The number of aryl methyl sites for hydroxylation is 2. The zero-order valence-corrected chi connectivity index (χ0v) is 18.8. The molecule has 1 saturated carbocycles. The van der Waals surface area contributed by atoms with Crippen molar-refractivity contribution >= 4 is 41.2 Å². The summed E-state index contributed by atoms with van der Waals surface area (Å²) < 4.78 is 2.32. The molecule has 1 aliphatic carbocycles. The van der Waals surface area contributed by atoms with Gasteiger partial charge in [0.25, 0.3) is 11.8 Å². The number of anilines is 1. The van der Waals surface area contributed by atoms with Gasteiger partial charge in [-0.1, -0.05) is 36.9 Å². The molecule has 7 heteroatoms. The number of benzene rings is 1. The molecule has 4 amide bonds. The number of imide groups is 2. The van der Waals surface area contributed by atoms with Gasteiger partial charge in [-0.05, 0) is 69.0 Å². The van der Waals surface area contributed by atoms with Gasteiger partial charge in [0.2, 0.25) is 0 Å². The molecule has 162 valence electrons. The Hall–Kier alpha value is -2.86. The van der Waals surface area contributed by atoms with Crippen LogP contribution in [-0.2, 0) is 9.59 Å². The number of hydrogen-bond acceptors (Lipinski definition) is 3. The SMILES string of the molecule is Cc1ccc(N2C(=O)NC(=O)/C(=C/c3cc(C)n(C4CCCCC4)c3C)C2=O)cc1Cl. The van der Waals surface area contributed by atoms with Crippen LogP contribution >= 0.6 is 11.6 Å². The summed E-state index contributed by atoms with van der Waals surface area (Å²) in [4.78, 5) is 39.1. The topological polar surface area (TPSA) is 71.4 Å². The molecule has 1 aromatic carbocycles. The molecule has 4 rings (SSSR count). The van der Waals surface area contributed by atoms with Gasteiger partial charge in [0.1, 0.15) is 5.57 Å². The number of nitrogens with zero attached hydrogens (tertiary/aromatic N) is 2. The molecule has 0 spiro atoms. The van der Waals surface area contributed by atoms with E-state index < -0.39 is 17.8 Å². The minimum Gasteiger partial charge on any atom is -0.346 e. The number of nitrogens with one attached hydrogen (secondary N) is 1. The van der Waals surface area contributed by atoms with Gasteiger partial charge < -0.3 is 4.57 Å². The number of carbonyl (C=O) groups is 3. The molecule has 1 N–H and O–H groups in total. The number of urea groups is 1. The van der Waals surface area contributed by atoms with Gasteiger partial charge >= 0.3 is 6.03 Å². The minimum absolute atomic E-state index is 0.0693. The third-order valence-corrected chi connectivity index (χ3v) is 6.69. The van der Waals surface area contributed by atoms with E-state index in [-0.39, 0.29) is 5.57 Å². The second-order valence-corrected chi connectivity index (χ2v) is 8.79. The molecule has 0 bridgehead atoms. The van der Waals surface area contributed by atoms with Crippen molar-refractivity contribution in [1.82, 2.24) is 9.88 Å². The highest BCUT2D eigenvalue weighted by molar-refractivity contribution is 6.39. The maximum Gasteiger partial charge on any atom is 0.335 e. The largest absolute Gasteiger partial charge is 0.346 e. The molecule has 0 radical (unpaired) electrons. The summed E-state index contributed by atoms with van der Waals surface area (Å²) in [6, 6.07) is 6.60. The zero-order chi connectivity index (χ0) is 22.3. The number of carbonyl (C=O) groups excluding carboxylic acids is 3. The van der Waals surface area contributed by atoms with E-state index >= 15 is 0 Å². The lowest BCUT2D eigenvalue weighted by Gasteiger charge is -2.27. The fourth-order valence-corrected chi connectivity index (χ4v) is 4.79. The average Bonchev–Trinajstić information content (AvgIpc) is 3.01. The summed E-state index contributed by atoms with van der Waals surface area (Å²) in [5, 5.41) is 2.72. The van der Waals surface area contributed by atoms with Gasteiger partial charge in [-0.3, -0.25) is 14.9 Å². The molecule has 2 aliphatic rings. The first-order valence-corrected chi connectivity index (χ1v) is 11.0. The van der Waals surface area contributed by atoms with Crippen LogP contribution in [0, 0.1) is 20.8 Å². The molecule has 31 heavy (non-hydrogen) atoms. The minimum atomic E-state index is -0.778. The Morgan fingerprint density at radius 1 is 1.03 bits per heavy atom. The predicted octanol–water partition coefficient (Wildman–Crippen LogP) is 5.24. The zero-order valence-electron chi connectivity index (χ0n) is 18.0. The standard InChI is InChI=1S/C24H26ClN3O3/c1-14-9-10-19(13-21(14)25)28-23(30)20(22(29)26-24(28)31)12-17-11-15(2)27(16(17)3)18-7-5-4-6-8-18/h9-13,18H,4-8H2,1-3H3,(H,26,29,31)/b20-12-. The maximum atomic E-state index is 13.2. The maximum absolute atomic E-state index is 13.2. The summed E-state index contributed by atoms with van der Waals surface area (Å²) in [6.45, 7) is 5.90. The van der Waals surface area contributed by atoms with Gasteiger partial charge in [0.15, 0.2) is 0 Å². The number of hydrogen-bond donors (Lipinski definition) is 1. The lowest BCUT2D eigenvalue weighted by Crippen LogP contribution is -2.54. The van der Waals surface area contributed by atoms with E-state index in [1.807, 2.05) is 19.9 Å². The van der Waals surface area contributed by atoms with Crippen molar-refractivity contribution in [3.63, 3.8) is 0 Å². The highest BCUT2D eigenvalue weighted by atomic mass is 35.5. The van der Waals surface area contributed by atoms with E-state index in [4.69, 9.17) is 11.6 Å². The molecule has 0 unspecified atom stereocenters. The first-order chi connectivity index (χ1) is 14.8. The molecule has 2 fully saturated rings. The molecule has 2 heterocycles. The van der Waals surface area contributed by atoms with Crippen LogP contribution in [0.15, 0.2) is 29.8 Å². The van der Waals surface area contributed by atoms with Gasteiger partial charge in [0, 0.05) is 22.5 Å². The van der Waals surface area contributed by atoms with Crippen LogP contribution in [0.25, 0.3) is 6.08 Å². The predicted molar refractivity (Wildman–Crippen MR) is 121 cm³/mol. The smallest absolute Gasteiger partial charge is 0.335 e. The van der Waals surface area contributed by atoms with Crippen molar-refractivity contribution in [2.75, 3.05) is 4.90 Å². The first-order valence-electron chi connectivity index (χ1n) is 10.6. The first kappa shape index (κ1) is 21.4. The molecule has 1 aliphatic heterocycles. The average molecular weight is 440 g/mol. The van der Waals surface area contributed by atoms with Crippen molar-refractivity contribution in [2.24, 2.45) is 0 Å². The molecule has 1 saturated heterocycles. The van der Waals surface area contributed by atoms with Gasteiger partial charge in [-0.15, -0.1) is 0 Å². The van der Waals surface area contributed by atoms with Crippen LogP contribution in [0.2, 0.25) is 5.02 Å². The molecular weight excluding hydrogens is 414 g/mol. The lowest BCUT2D eigenvalue weighted by molar-refractivity contribution is -0.122. The summed E-state index contributed by atoms with van der Waals surface area (Å²) in [6.07, 6.45) is 7.58. The third-order valence-electron chi connectivity index (χ3n) is 6.28. The number of amides is 4. The summed E-state index contributed by atoms with van der Waals surface area (Å²) in [7, 11) is 0. The van der Waals surface area contributed by atoms with Crippen molar-refractivity contribution in [1.29, 1.82) is 0 Å². The Labute approximate surface area is 186 Å². The van der Waals surface area contributed by atoms with E-state index in [1.54, 1.807) is 24.3 Å². The quantitative estimate of drug-likeness (QED) is 0.525. The van der Waals surface area contributed by atoms with E-state index in [1.165, 1.54) is 19.3 Å². The summed E-state index contributed by atoms with van der Waals surface area (Å²) >= 11 is 6.18. The van der Waals surface area contributed by atoms with Gasteiger partial charge in [-0.25, -0.2) is 9.69 Å². The highest BCUT2D eigenvalue weighted by Crippen LogP contribution is 2.33. The fourth-order valence-electron chi connectivity index (χ4n) is 4.62. The number of aromatic nitrogens is 1. The Morgan fingerprint density at radius 3 is 2.42 bits per heavy atom. The fraction of sp³-hybridized carbons (Fsp3) is 0.375. The van der Waals surface area contributed by atoms with Crippen LogP contribution in [0.4, 0.5) is 10.5 Å². The number of halogens is 1. The van der Waals surface area contributed by atoms with E-state index in [9.17, 15) is 14.4 Å². The molecule has 0 atom stereocenters. The summed E-state index contributed by atoms with van der Waals surface area (Å²) in [5.74, 6) is -1.34. The van der Waals surface area contributed by atoms with Gasteiger partial charge in [-0.2, -0.15) is 0 Å². The highest BCUT2D eigenvalue weighted by Gasteiger charge is 2.37. The van der Waals surface area contributed by atoms with E-state index in [0.717, 1.165) is 40.3 Å². The van der Waals surface area contributed by atoms with Crippen LogP contribution in [0.3, 0.4) is 0 Å². The van der Waals surface area contributed by atoms with Crippen LogP contribution in [0.1, 0.15) is 60.7 Å². The Morgan fingerprint density at radius 2 is 1.74 bits per heavy atom. The van der Waals surface area contributed by atoms with Crippen molar-refractivity contribution in [3.8, 4) is 0 Å². The molecular formula is C24H26ClN3O3. The lowest BCUT2D eigenvalue weighted by atomic mass is 9.95. The van der Waals surface area contributed by atoms with Crippen LogP contribution in [-0.4, -0.2) is 22.4 Å². The van der Waals surface area contributed by atoms with E-state index in [2.05, 4.69) is 16.8 Å². The number of barbiturate groups is 1. The van der Waals surface area contributed by atoms with Crippen molar-refractivity contribution < 1.29 is 14.4 Å². The molecule has 6 nitrogen and oxygen atoms in total. The second-order valence-electron chi connectivity index (χ2n) is 8.38. The Balaban J connectivity index is 1.71. The Bertz CT molecular complexity index is 1110. The third kappa shape index (κ3) is 3.92. The van der Waals surface area contributed by atoms with Gasteiger partial charge in [0.05, 0.1) is 5.69 Å². The Kier molecular flexibility index (Phi) is 5.75.